The van der Waals surface area contributed by atoms with Gasteiger partial charge >= 0.3 is 135 Å². The van der Waals surface area contributed by atoms with Crippen LogP contribution in [0.15, 0.2) is 41.7 Å². The zero-order valence-electron chi connectivity index (χ0n) is 11.8. The van der Waals surface area contributed by atoms with Gasteiger partial charge in [0.15, 0.2) is 0 Å². The zero-order chi connectivity index (χ0) is 14.7. The molecule has 0 saturated carbocycles. The third-order valence-electron chi connectivity index (χ3n) is 3.76. The van der Waals surface area contributed by atoms with Gasteiger partial charge in [0.2, 0.25) is 0 Å². The van der Waals surface area contributed by atoms with Gasteiger partial charge in [-0.25, -0.2) is 0 Å². The normalized spacial score (nSPS) is 19.1. The van der Waals surface area contributed by atoms with Crippen molar-refractivity contribution in [1.82, 2.24) is 11.7 Å². The van der Waals surface area contributed by atoms with Crippen molar-refractivity contribution in [3.8, 4) is 0 Å². The van der Waals surface area contributed by atoms with Crippen LogP contribution in [0.2, 0.25) is 5.02 Å². The maximum absolute atomic E-state index is 5.93. The van der Waals surface area contributed by atoms with Crippen molar-refractivity contribution in [3.63, 3.8) is 0 Å². The van der Waals surface area contributed by atoms with Crippen LogP contribution in [-0.4, -0.2) is 50.8 Å². The Kier molecular flexibility index (Phi) is 5.64. The molecule has 2 aromatic rings. The van der Waals surface area contributed by atoms with E-state index in [1.165, 1.54) is 36.5 Å². The standard InChI is InChI=1S/C15H17ClN3S.Tl/c16-13-2-5-15(6-3-13)20-19-8-7-12(10-19)1-4-14-9-17-11-18-14;/h2-3,5-6,9,11-12H,1,4,7-8,10H2;/q-1;+1. The number of nitrogens with zero attached hydrogens (tertiary/aromatic N) is 3. The number of benzene rings is 1. The molecule has 1 aromatic heterocycles. The topological polar surface area (TPSA) is 21.1 Å². The van der Waals surface area contributed by atoms with E-state index in [0.717, 1.165) is 43.4 Å². The summed E-state index contributed by atoms with van der Waals surface area (Å²) >= 11 is 8.60. The van der Waals surface area contributed by atoms with Gasteiger partial charge in [-0.3, -0.25) is 0 Å². The van der Waals surface area contributed by atoms with Crippen LogP contribution in [0.1, 0.15) is 18.5 Å². The van der Waals surface area contributed by atoms with Crippen molar-refractivity contribution in [2.24, 2.45) is 5.92 Å². The monoisotopic (exact) mass is 511 g/mol. The van der Waals surface area contributed by atoms with Crippen LogP contribution in [0.25, 0.3) is 0 Å². The SMILES string of the molecule is Clc1ccc(SN2CCC(CCc3c[n]([Tl])cn3)C2)cc1. The van der Waals surface area contributed by atoms with E-state index in [1.54, 1.807) is 0 Å². The number of aryl methyl sites for hydroxylation is 1. The molecule has 0 aliphatic carbocycles. The van der Waals surface area contributed by atoms with Crippen LogP contribution in [0.5, 0.6) is 0 Å². The first-order chi connectivity index (χ1) is 10.2. The number of imidazole rings is 1. The molecule has 1 fully saturated rings. The first-order valence-electron chi connectivity index (χ1n) is 7.15. The van der Waals surface area contributed by atoms with Crippen molar-refractivity contribution in [2.45, 2.75) is 24.2 Å². The van der Waals surface area contributed by atoms with Crippen LogP contribution in [0.4, 0.5) is 0 Å². The average Bonchev–Trinajstić information content (AvgIpc) is 3.08. The second kappa shape index (κ2) is 7.48. The third kappa shape index (κ3) is 4.71. The number of hydrogen-bond donors (Lipinski definition) is 0. The minimum absolute atomic E-state index is 0.798. The Balaban J connectivity index is 1.45. The number of halogens is 1. The fraction of sp³-hybridized carbons (Fsp3) is 0.400. The van der Waals surface area contributed by atoms with E-state index in [-0.39, 0.29) is 0 Å². The summed E-state index contributed by atoms with van der Waals surface area (Å²) in [5.41, 5.74) is 1.25. The fourth-order valence-corrected chi connectivity index (χ4v) is 4.71. The molecule has 1 unspecified atom stereocenters. The molecule has 3 rings (SSSR count). The third-order valence-corrected chi connectivity index (χ3v) is 6.18. The van der Waals surface area contributed by atoms with E-state index < -0.39 is 0 Å². The van der Waals surface area contributed by atoms with E-state index in [0.29, 0.717) is 0 Å². The molecule has 0 N–H and O–H groups in total. The molecule has 21 heavy (non-hydrogen) atoms. The van der Waals surface area contributed by atoms with E-state index in [9.17, 15) is 0 Å². The molecule has 1 atom stereocenters. The molecule has 0 radical (unpaired) electrons. The number of rotatable bonds is 5. The van der Waals surface area contributed by atoms with Crippen LogP contribution >= 0.6 is 23.5 Å². The molecule has 1 saturated heterocycles. The fourth-order valence-electron chi connectivity index (χ4n) is 2.62. The van der Waals surface area contributed by atoms with Crippen molar-refractivity contribution in [1.29, 1.82) is 0 Å². The number of aromatic nitrogens is 2. The van der Waals surface area contributed by atoms with Gasteiger partial charge in [-0.05, 0) is 0 Å². The van der Waals surface area contributed by atoms with E-state index in [1.807, 2.05) is 30.4 Å². The zero-order valence-corrected chi connectivity index (χ0v) is 17.8. The molecule has 1 aliphatic heterocycles. The van der Waals surface area contributed by atoms with Crippen LogP contribution in [0.3, 0.4) is 0 Å². The van der Waals surface area contributed by atoms with Gasteiger partial charge in [0, 0.05) is 5.02 Å². The molecule has 0 spiro atoms. The molecule has 0 amide bonds. The summed E-state index contributed by atoms with van der Waals surface area (Å²) in [6.07, 6.45) is 7.81. The van der Waals surface area contributed by atoms with Gasteiger partial charge in [-0.1, -0.05) is 11.6 Å². The van der Waals surface area contributed by atoms with Crippen molar-refractivity contribution in [3.05, 3.63) is 47.5 Å². The molecular weight excluding hydrogens is 494 g/mol. The van der Waals surface area contributed by atoms with E-state index in [4.69, 9.17) is 11.6 Å². The van der Waals surface area contributed by atoms with Gasteiger partial charge in [-0.2, -0.15) is 0 Å². The van der Waals surface area contributed by atoms with Crippen molar-refractivity contribution >= 4 is 49.6 Å². The van der Waals surface area contributed by atoms with E-state index in [2.05, 4.69) is 30.0 Å². The summed E-state index contributed by atoms with van der Waals surface area (Å²) in [5, 5.41) is 0.803. The first-order valence-corrected chi connectivity index (χ1v) is 10.3. The van der Waals surface area contributed by atoms with Gasteiger partial charge in [0.05, 0.1) is 0 Å². The summed E-state index contributed by atoms with van der Waals surface area (Å²) in [7, 11) is 0. The number of hydrogen-bond acceptors (Lipinski definition) is 3. The predicted molar refractivity (Wildman–Crippen MR) is 88.7 cm³/mol. The maximum atomic E-state index is 5.93. The molecule has 2 heterocycles. The summed E-state index contributed by atoms with van der Waals surface area (Å²) in [6, 6.07) is 8.11. The molecule has 108 valence electrons. The Hall–Kier alpha value is -0.0479. The Morgan fingerprint density at radius 1 is 1.33 bits per heavy atom. The van der Waals surface area contributed by atoms with Gasteiger partial charge in [0.1, 0.15) is 0 Å². The molecule has 1 aromatic carbocycles. The summed E-state index contributed by atoms with van der Waals surface area (Å²) in [6.45, 7) is 2.35. The molecular formula is C15H17ClN3STl. The predicted octanol–water partition coefficient (Wildman–Crippen LogP) is 3.43. The molecule has 1 aliphatic rings. The Labute approximate surface area is 151 Å². The first kappa shape index (κ1) is 15.8. The average molecular weight is 511 g/mol. The van der Waals surface area contributed by atoms with Gasteiger partial charge < -0.3 is 0 Å². The van der Waals surface area contributed by atoms with Crippen molar-refractivity contribution in [2.75, 3.05) is 13.1 Å². The summed E-state index contributed by atoms with van der Waals surface area (Å²) < 4.78 is 4.66. The minimum atomic E-state index is 0.798. The molecule has 6 heteroatoms. The Morgan fingerprint density at radius 3 is 2.86 bits per heavy atom. The molecule has 3 nitrogen and oxygen atoms in total. The van der Waals surface area contributed by atoms with Gasteiger partial charge in [0.25, 0.3) is 0 Å². The second-order valence-electron chi connectivity index (χ2n) is 5.44. The Bertz CT molecular complexity index is 587. The molecule has 0 bridgehead atoms. The summed E-state index contributed by atoms with van der Waals surface area (Å²) in [4.78, 5) is 5.72. The van der Waals surface area contributed by atoms with Crippen LogP contribution in [-0.2, 0) is 6.42 Å². The van der Waals surface area contributed by atoms with Gasteiger partial charge in [-0.15, -0.1) is 0 Å². The van der Waals surface area contributed by atoms with Crippen molar-refractivity contribution < 1.29 is 0 Å². The van der Waals surface area contributed by atoms with Crippen LogP contribution < -0.4 is 0 Å². The Morgan fingerprint density at radius 2 is 2.14 bits per heavy atom. The van der Waals surface area contributed by atoms with Crippen LogP contribution in [0, 0.1) is 5.92 Å². The summed E-state index contributed by atoms with van der Waals surface area (Å²) in [5.74, 6) is 0.798. The van der Waals surface area contributed by atoms with E-state index >= 15 is 0 Å². The second-order valence-corrected chi connectivity index (χ2v) is 9.36. The quantitative estimate of drug-likeness (QED) is 0.454.